The summed E-state index contributed by atoms with van der Waals surface area (Å²) in [5.74, 6) is 2.43. The van der Waals surface area contributed by atoms with Crippen LogP contribution in [0.25, 0.3) is 0 Å². The van der Waals surface area contributed by atoms with Crippen molar-refractivity contribution in [2.24, 2.45) is 0 Å². The van der Waals surface area contributed by atoms with E-state index in [2.05, 4.69) is 5.92 Å². The van der Waals surface area contributed by atoms with E-state index < -0.39 is 10.4 Å². The van der Waals surface area contributed by atoms with Crippen molar-refractivity contribution in [3.8, 4) is 12.3 Å². The average molecular weight is 152 g/mol. The molecule has 0 heterocycles. The molecule has 0 aromatic rings. The largest absolute Gasteiger partial charge is 0.394 e. The fourth-order valence-electron chi connectivity index (χ4n) is 0. The predicted octanol–water partition coefficient (Wildman–Crippen LogP) is 0.377. The minimum atomic E-state index is -4.67. The standard InChI is InChI=1S/C4H6.H2O4S/c1-3-4-2;1-5(2,3)4/h1H,4H2,2H3;(H2,1,2,3,4). The van der Waals surface area contributed by atoms with Gasteiger partial charge < -0.3 is 0 Å². The molecule has 0 aliphatic heterocycles. The summed E-state index contributed by atoms with van der Waals surface area (Å²) in [6.07, 6.45) is 5.62. The lowest BCUT2D eigenvalue weighted by Crippen LogP contribution is -1.89. The van der Waals surface area contributed by atoms with Gasteiger partial charge in [0.15, 0.2) is 0 Å². The maximum absolute atomic E-state index is 8.74. The van der Waals surface area contributed by atoms with E-state index in [-0.39, 0.29) is 0 Å². The Kier molecular flexibility index (Phi) is 6.96. The summed E-state index contributed by atoms with van der Waals surface area (Å²) in [6.45, 7) is 1.94. The number of terminal acetylenes is 1. The summed E-state index contributed by atoms with van der Waals surface area (Å²) in [7, 11) is -4.67. The van der Waals surface area contributed by atoms with Crippen LogP contribution in [0.1, 0.15) is 13.3 Å². The van der Waals surface area contributed by atoms with Gasteiger partial charge in [0, 0.05) is 6.42 Å². The molecule has 0 atom stereocenters. The first-order chi connectivity index (χ1) is 3.91. The fourth-order valence-corrected chi connectivity index (χ4v) is 0. The molecule has 0 rings (SSSR count). The highest BCUT2D eigenvalue weighted by molar-refractivity contribution is 7.79. The lowest BCUT2D eigenvalue weighted by atomic mass is 10.5. The molecule has 0 bridgehead atoms. The second-order valence-electron chi connectivity index (χ2n) is 1.01. The van der Waals surface area contributed by atoms with E-state index in [1.165, 1.54) is 0 Å². The van der Waals surface area contributed by atoms with E-state index in [0.717, 1.165) is 6.42 Å². The lowest BCUT2D eigenvalue weighted by Gasteiger charge is -1.68. The third kappa shape index (κ3) is 1180. The minimum Gasteiger partial charge on any atom is -0.264 e. The molecule has 54 valence electrons. The highest BCUT2D eigenvalue weighted by atomic mass is 32.3. The van der Waals surface area contributed by atoms with E-state index in [1.54, 1.807) is 0 Å². The molecule has 0 unspecified atom stereocenters. The second-order valence-corrected chi connectivity index (χ2v) is 1.90. The van der Waals surface area contributed by atoms with Crippen LogP contribution in [-0.4, -0.2) is 17.5 Å². The van der Waals surface area contributed by atoms with Crippen LogP contribution in [0.3, 0.4) is 0 Å². The van der Waals surface area contributed by atoms with Gasteiger partial charge in [-0.1, -0.05) is 6.92 Å². The van der Waals surface area contributed by atoms with Crippen LogP contribution < -0.4 is 0 Å². The van der Waals surface area contributed by atoms with Gasteiger partial charge in [-0.25, -0.2) is 0 Å². The molecule has 0 radical (unpaired) electrons. The summed E-state index contributed by atoms with van der Waals surface area (Å²) in [5, 5.41) is 0. The Labute approximate surface area is 54.5 Å². The first-order valence-electron chi connectivity index (χ1n) is 2.05. The highest BCUT2D eigenvalue weighted by Crippen LogP contribution is 1.59. The molecular formula is C4H8O4S. The van der Waals surface area contributed by atoms with Crippen molar-refractivity contribution in [2.45, 2.75) is 13.3 Å². The van der Waals surface area contributed by atoms with Crippen molar-refractivity contribution in [2.75, 3.05) is 0 Å². The molecule has 0 amide bonds. The number of hydrogen-bond acceptors (Lipinski definition) is 2. The van der Waals surface area contributed by atoms with Crippen molar-refractivity contribution in [1.82, 2.24) is 0 Å². The van der Waals surface area contributed by atoms with Gasteiger partial charge in [0.2, 0.25) is 0 Å². The molecule has 0 saturated heterocycles. The Morgan fingerprint density at radius 1 is 1.56 bits per heavy atom. The average Bonchev–Trinajstić information content (AvgIpc) is 1.61. The molecule has 0 saturated carbocycles. The van der Waals surface area contributed by atoms with Gasteiger partial charge in [0.1, 0.15) is 0 Å². The fraction of sp³-hybridized carbons (Fsp3) is 0.500. The maximum atomic E-state index is 8.74. The summed E-state index contributed by atoms with van der Waals surface area (Å²) in [5.41, 5.74) is 0. The molecular weight excluding hydrogens is 144 g/mol. The van der Waals surface area contributed by atoms with Crippen LogP contribution in [0, 0.1) is 12.3 Å². The molecule has 9 heavy (non-hydrogen) atoms. The Morgan fingerprint density at radius 3 is 1.67 bits per heavy atom. The second kappa shape index (κ2) is 5.56. The van der Waals surface area contributed by atoms with Crippen LogP contribution in [0.4, 0.5) is 0 Å². The zero-order valence-electron chi connectivity index (χ0n) is 4.90. The van der Waals surface area contributed by atoms with Crippen LogP contribution in [0.15, 0.2) is 0 Å². The van der Waals surface area contributed by atoms with Crippen LogP contribution in [0.2, 0.25) is 0 Å². The van der Waals surface area contributed by atoms with Crippen LogP contribution in [-0.2, 0) is 10.4 Å². The van der Waals surface area contributed by atoms with Crippen molar-refractivity contribution in [1.29, 1.82) is 0 Å². The summed E-state index contributed by atoms with van der Waals surface area (Å²) < 4.78 is 31.6. The number of rotatable bonds is 0. The first-order valence-corrected chi connectivity index (χ1v) is 3.44. The third-order valence-corrected chi connectivity index (χ3v) is 0.204. The van der Waals surface area contributed by atoms with Gasteiger partial charge >= 0.3 is 10.4 Å². The van der Waals surface area contributed by atoms with Crippen LogP contribution in [0.5, 0.6) is 0 Å². The molecule has 0 spiro atoms. The van der Waals surface area contributed by atoms with E-state index in [1.807, 2.05) is 6.92 Å². The van der Waals surface area contributed by atoms with Gasteiger partial charge in [-0.3, -0.25) is 9.11 Å². The number of hydrogen-bond donors (Lipinski definition) is 2. The summed E-state index contributed by atoms with van der Waals surface area (Å²) in [4.78, 5) is 0. The van der Waals surface area contributed by atoms with Crippen LogP contribution >= 0.6 is 0 Å². The van der Waals surface area contributed by atoms with E-state index in [4.69, 9.17) is 23.9 Å². The zero-order chi connectivity index (χ0) is 7.91. The van der Waals surface area contributed by atoms with Crippen molar-refractivity contribution < 1.29 is 17.5 Å². The predicted molar refractivity (Wildman–Crippen MR) is 33.3 cm³/mol. The van der Waals surface area contributed by atoms with Gasteiger partial charge in [0.25, 0.3) is 0 Å². The molecule has 2 N–H and O–H groups in total. The first kappa shape index (κ1) is 11.3. The van der Waals surface area contributed by atoms with Crippen molar-refractivity contribution >= 4 is 10.4 Å². The normalized spacial score (nSPS) is 8.67. The monoisotopic (exact) mass is 152 g/mol. The Balaban J connectivity index is 0. The zero-order valence-corrected chi connectivity index (χ0v) is 5.72. The minimum absolute atomic E-state index is 0.847. The molecule has 0 aromatic carbocycles. The van der Waals surface area contributed by atoms with E-state index in [0.29, 0.717) is 0 Å². The smallest absolute Gasteiger partial charge is 0.264 e. The molecule has 4 nitrogen and oxygen atoms in total. The van der Waals surface area contributed by atoms with Crippen molar-refractivity contribution in [3.05, 3.63) is 0 Å². The molecule has 0 aliphatic carbocycles. The van der Waals surface area contributed by atoms with Gasteiger partial charge in [-0.15, -0.1) is 12.3 Å². The molecule has 0 fully saturated rings. The van der Waals surface area contributed by atoms with Gasteiger partial charge in [-0.2, -0.15) is 8.42 Å². The van der Waals surface area contributed by atoms with Gasteiger partial charge in [-0.05, 0) is 0 Å². The topological polar surface area (TPSA) is 74.6 Å². The Bertz CT molecular complexity index is 165. The van der Waals surface area contributed by atoms with E-state index in [9.17, 15) is 0 Å². The van der Waals surface area contributed by atoms with Crippen molar-refractivity contribution in [3.63, 3.8) is 0 Å². The summed E-state index contributed by atoms with van der Waals surface area (Å²) >= 11 is 0. The molecule has 0 aromatic heterocycles. The summed E-state index contributed by atoms with van der Waals surface area (Å²) in [6, 6.07) is 0. The quantitative estimate of drug-likeness (QED) is 0.388. The molecule has 5 heteroatoms. The lowest BCUT2D eigenvalue weighted by molar-refractivity contribution is 0.381. The maximum Gasteiger partial charge on any atom is 0.394 e. The SMILES string of the molecule is C#CCC.O=S(=O)(O)O. The Morgan fingerprint density at radius 2 is 1.67 bits per heavy atom. The van der Waals surface area contributed by atoms with E-state index >= 15 is 0 Å². The third-order valence-electron chi connectivity index (χ3n) is 0.204. The molecule has 0 aliphatic rings. The Hall–Kier alpha value is -0.570. The van der Waals surface area contributed by atoms with Gasteiger partial charge in [0.05, 0.1) is 0 Å². The highest BCUT2D eigenvalue weighted by Gasteiger charge is 1.84.